The van der Waals surface area contributed by atoms with Crippen LogP contribution in [0.1, 0.15) is 41.6 Å². The fourth-order valence-electron chi connectivity index (χ4n) is 4.80. The van der Waals surface area contributed by atoms with Crippen molar-refractivity contribution < 1.29 is 41.8 Å². The number of hydrogen-bond donors (Lipinski definition) is 4. The van der Waals surface area contributed by atoms with Crippen molar-refractivity contribution in [2.45, 2.75) is 54.9 Å². The van der Waals surface area contributed by atoms with E-state index >= 15 is 0 Å². The molecule has 0 unspecified atom stereocenters. The van der Waals surface area contributed by atoms with Crippen LogP contribution in [0.4, 0.5) is 18.0 Å². The fourth-order valence-corrected chi connectivity index (χ4v) is 6.35. The number of amides is 4. The Kier molecular flexibility index (Phi) is 12.0. The van der Waals surface area contributed by atoms with Gasteiger partial charge in [0.1, 0.15) is 0 Å². The molecule has 2 saturated heterocycles. The molecule has 3 aliphatic heterocycles. The van der Waals surface area contributed by atoms with Gasteiger partial charge in [-0.15, -0.1) is 10.2 Å². The minimum atomic E-state index is -4.61. The number of nitrogens with zero attached hydrogens (tertiary/aromatic N) is 2. The molecule has 0 spiro atoms. The summed E-state index contributed by atoms with van der Waals surface area (Å²) in [6.07, 6.45) is -1.41. The summed E-state index contributed by atoms with van der Waals surface area (Å²) in [5.74, 6) is 0.506. The van der Waals surface area contributed by atoms with Crippen LogP contribution < -0.4 is 21.3 Å². The normalized spacial score (nSPS) is 21.7. The largest absolute Gasteiger partial charge is 0.442 e. The van der Waals surface area contributed by atoms with E-state index in [4.69, 9.17) is 14.2 Å². The lowest BCUT2D eigenvalue weighted by molar-refractivity contribution is -0.166. The van der Waals surface area contributed by atoms with Crippen LogP contribution in [0.15, 0.2) is 34.5 Å². The Morgan fingerprint density at radius 3 is 2.19 bits per heavy atom. The topological polar surface area (TPSA) is 152 Å². The first-order chi connectivity index (χ1) is 20.7. The Labute approximate surface area is 251 Å². The Bertz CT molecular complexity index is 1120. The molecule has 3 aliphatic rings. The van der Waals surface area contributed by atoms with E-state index in [1.165, 1.54) is 24.3 Å². The van der Waals surface area contributed by atoms with Gasteiger partial charge in [-0.05, 0) is 25.0 Å². The number of hydrogen-bond acceptors (Lipinski definition) is 9. The van der Waals surface area contributed by atoms with Crippen LogP contribution in [0.3, 0.4) is 0 Å². The van der Waals surface area contributed by atoms with Gasteiger partial charge in [0.2, 0.25) is 5.91 Å². The number of carbonyl (C=O) groups is 3. The van der Waals surface area contributed by atoms with Crippen LogP contribution in [0.2, 0.25) is 0 Å². The molecule has 0 radical (unpaired) electrons. The number of carbonyl (C=O) groups excluding carboxylic acids is 3. The molecule has 0 aliphatic carbocycles. The van der Waals surface area contributed by atoms with Crippen molar-refractivity contribution in [3.05, 3.63) is 35.4 Å². The highest BCUT2D eigenvalue weighted by Gasteiger charge is 2.65. The Morgan fingerprint density at radius 2 is 1.56 bits per heavy atom. The molecule has 3 heterocycles. The summed E-state index contributed by atoms with van der Waals surface area (Å²) in [7, 11) is 0. The third kappa shape index (κ3) is 9.52. The monoisotopic (exact) mass is 630 g/mol. The summed E-state index contributed by atoms with van der Waals surface area (Å²) < 4.78 is 55.4. The van der Waals surface area contributed by atoms with E-state index in [0.717, 1.165) is 25.0 Å². The van der Waals surface area contributed by atoms with Crippen LogP contribution in [-0.4, -0.2) is 99.8 Å². The number of alkyl halides is 3. The second kappa shape index (κ2) is 15.7. The zero-order valence-corrected chi connectivity index (χ0v) is 24.4. The SMILES string of the molecule is O=C(CCCC[C@@H]1SC[C@@H]2NC(=O)N[C@@H]21)NCCOCCOCCOCCNC(=O)c1ccc(C2(C(F)(F)F)N=N2)cc1. The molecule has 43 heavy (non-hydrogen) atoms. The standard InChI is InChI=1S/C27H37F3N6O6S/c28-27(29,30)26(35-36-26)19-7-5-18(6-8-19)24(38)32-10-12-41-14-16-42-15-13-40-11-9-31-22(37)4-2-1-3-21-23-20(17-43-21)33-25(39)34-23/h5-8,20-21,23H,1-4,9-17H2,(H,31,37)(H,32,38)(H2,33,34,39)/t20-,21-,23-/m0/s1. The first-order valence-corrected chi connectivity index (χ1v) is 15.3. The third-order valence-electron chi connectivity index (χ3n) is 7.17. The minimum Gasteiger partial charge on any atom is -0.377 e. The van der Waals surface area contributed by atoms with Crippen molar-refractivity contribution in [2.24, 2.45) is 10.2 Å². The lowest BCUT2D eigenvalue weighted by Crippen LogP contribution is -2.36. The smallest absolute Gasteiger partial charge is 0.377 e. The predicted molar refractivity (Wildman–Crippen MR) is 151 cm³/mol. The molecule has 12 nitrogen and oxygen atoms in total. The summed E-state index contributed by atoms with van der Waals surface area (Å²) in [5, 5.41) is 18.1. The maximum atomic E-state index is 13.1. The van der Waals surface area contributed by atoms with Crippen molar-refractivity contribution in [3.63, 3.8) is 0 Å². The molecule has 4 N–H and O–H groups in total. The Balaban J connectivity index is 0.902. The highest BCUT2D eigenvalue weighted by molar-refractivity contribution is 8.00. The molecule has 1 aromatic carbocycles. The zero-order chi connectivity index (χ0) is 30.7. The summed E-state index contributed by atoms with van der Waals surface area (Å²) in [4.78, 5) is 35.6. The minimum absolute atomic E-state index is 0.000963. The second-order valence-corrected chi connectivity index (χ2v) is 11.5. The number of unbranched alkanes of at least 4 members (excludes halogenated alkanes) is 1. The van der Waals surface area contributed by atoms with Gasteiger partial charge in [-0.25, -0.2) is 4.79 Å². The van der Waals surface area contributed by atoms with Gasteiger partial charge in [-0.1, -0.05) is 18.6 Å². The van der Waals surface area contributed by atoms with E-state index in [2.05, 4.69) is 31.5 Å². The van der Waals surface area contributed by atoms with Gasteiger partial charge in [0.05, 0.1) is 51.7 Å². The van der Waals surface area contributed by atoms with Crippen LogP contribution in [0.5, 0.6) is 0 Å². The number of rotatable bonds is 19. The maximum absolute atomic E-state index is 13.1. The summed E-state index contributed by atoms with van der Waals surface area (Å²) in [6.45, 7) is 2.70. The molecule has 238 valence electrons. The van der Waals surface area contributed by atoms with Gasteiger partial charge >= 0.3 is 17.9 Å². The number of fused-ring (bicyclic) bond motifs is 1. The molecule has 4 rings (SSSR count). The van der Waals surface area contributed by atoms with Crippen molar-refractivity contribution in [1.82, 2.24) is 21.3 Å². The first-order valence-electron chi connectivity index (χ1n) is 14.3. The Morgan fingerprint density at radius 1 is 0.930 bits per heavy atom. The summed E-state index contributed by atoms with van der Waals surface area (Å²) in [6, 6.07) is 5.33. The zero-order valence-electron chi connectivity index (χ0n) is 23.6. The van der Waals surface area contributed by atoms with E-state index in [1.54, 1.807) is 0 Å². The third-order valence-corrected chi connectivity index (χ3v) is 8.68. The van der Waals surface area contributed by atoms with Crippen molar-refractivity contribution in [2.75, 3.05) is 58.5 Å². The molecular weight excluding hydrogens is 593 g/mol. The first kappa shape index (κ1) is 33.0. The second-order valence-electron chi connectivity index (χ2n) is 10.3. The summed E-state index contributed by atoms with van der Waals surface area (Å²) >= 11 is 1.88. The molecular formula is C27H37F3N6O6S. The predicted octanol–water partition coefficient (Wildman–Crippen LogP) is 2.49. The van der Waals surface area contributed by atoms with Crippen molar-refractivity contribution in [3.8, 4) is 0 Å². The Hall–Kier alpha value is -2.95. The van der Waals surface area contributed by atoms with Crippen LogP contribution in [0.25, 0.3) is 0 Å². The van der Waals surface area contributed by atoms with E-state index in [1.807, 2.05) is 11.8 Å². The fraction of sp³-hybridized carbons (Fsp3) is 0.667. The van der Waals surface area contributed by atoms with Gasteiger partial charge in [0.15, 0.2) is 0 Å². The van der Waals surface area contributed by atoms with E-state index in [0.29, 0.717) is 51.2 Å². The molecule has 3 atom stereocenters. The number of ether oxygens (including phenoxy) is 3. The highest BCUT2D eigenvalue weighted by Crippen LogP contribution is 2.52. The van der Waals surface area contributed by atoms with E-state index < -0.39 is 17.7 Å². The average Bonchev–Trinajstić information content (AvgIpc) is 3.62. The molecule has 4 amide bonds. The van der Waals surface area contributed by atoms with Crippen LogP contribution in [-0.2, 0) is 24.7 Å². The van der Waals surface area contributed by atoms with Crippen molar-refractivity contribution >= 4 is 29.6 Å². The lowest BCUT2D eigenvalue weighted by atomic mass is 10.0. The van der Waals surface area contributed by atoms with E-state index in [9.17, 15) is 27.6 Å². The average molecular weight is 631 g/mol. The molecule has 0 saturated carbocycles. The molecule has 0 bridgehead atoms. The number of urea groups is 1. The van der Waals surface area contributed by atoms with Gasteiger partial charge in [0, 0.05) is 41.6 Å². The quantitative estimate of drug-likeness (QED) is 0.135. The van der Waals surface area contributed by atoms with Crippen LogP contribution in [0, 0.1) is 0 Å². The van der Waals surface area contributed by atoms with Gasteiger partial charge in [-0.3, -0.25) is 9.59 Å². The van der Waals surface area contributed by atoms with Gasteiger partial charge in [-0.2, -0.15) is 24.9 Å². The van der Waals surface area contributed by atoms with E-state index in [-0.39, 0.29) is 48.3 Å². The van der Waals surface area contributed by atoms with Gasteiger partial charge in [0.25, 0.3) is 5.91 Å². The summed E-state index contributed by atoms with van der Waals surface area (Å²) in [5.41, 5.74) is -2.41. The lowest BCUT2D eigenvalue weighted by Gasteiger charge is -2.16. The van der Waals surface area contributed by atoms with Gasteiger partial charge < -0.3 is 35.5 Å². The number of nitrogens with one attached hydrogen (secondary N) is 4. The molecule has 2 fully saturated rings. The molecule has 16 heteroatoms. The van der Waals surface area contributed by atoms with Crippen molar-refractivity contribution in [1.29, 1.82) is 0 Å². The number of benzene rings is 1. The molecule has 1 aromatic rings. The molecule has 0 aromatic heterocycles. The highest BCUT2D eigenvalue weighted by atomic mass is 32.2. The number of thioether (sulfide) groups is 1. The maximum Gasteiger partial charge on any atom is 0.442 e. The number of halogens is 3. The van der Waals surface area contributed by atoms with Crippen LogP contribution >= 0.6 is 11.8 Å².